The summed E-state index contributed by atoms with van der Waals surface area (Å²) in [5.41, 5.74) is 5.21. The normalized spacial score (nSPS) is 11.1. The zero-order valence-electron chi connectivity index (χ0n) is 21.5. The van der Waals surface area contributed by atoms with Crippen LogP contribution in [0.1, 0.15) is 71.1 Å². The topological polar surface area (TPSA) is 10.4 Å². The van der Waals surface area contributed by atoms with Crippen LogP contribution in [0.15, 0.2) is 42.5 Å². The molecule has 2 aromatic carbocycles. The molecule has 3 rings (SSSR count). The van der Waals surface area contributed by atoms with E-state index in [1.165, 1.54) is 97.4 Å². The molecule has 0 saturated heterocycles. The molecule has 33 heavy (non-hydrogen) atoms. The second-order valence-corrected chi connectivity index (χ2v) is 9.75. The van der Waals surface area contributed by atoms with Gasteiger partial charge in [-0.2, -0.15) is 4.57 Å². The molecule has 0 spiro atoms. The first-order valence-corrected chi connectivity index (χ1v) is 12.8. The largest absolute Gasteiger partial charge is 1.00 e. The molecule has 0 radical (unpaired) electrons. The molecule has 3 nitrogen and oxygen atoms in total. The van der Waals surface area contributed by atoms with Gasteiger partial charge in [0, 0.05) is 68.9 Å². The zero-order valence-corrected chi connectivity index (χ0v) is 23.1. The van der Waals surface area contributed by atoms with Crippen molar-refractivity contribution < 1.29 is 21.5 Å². The van der Waals surface area contributed by atoms with Crippen LogP contribution in [0, 0.1) is 0 Å². The second kappa shape index (κ2) is 13.8. The number of aromatic nitrogens is 1. The van der Waals surface area contributed by atoms with Crippen LogP contribution in [-0.4, -0.2) is 28.2 Å². The molecule has 1 heterocycles. The Bertz CT molecular complexity index is 931. The van der Waals surface area contributed by atoms with Crippen LogP contribution in [0.5, 0.6) is 0 Å². The highest BCUT2D eigenvalue weighted by Crippen LogP contribution is 2.25. The minimum absolute atomic E-state index is 0. The van der Waals surface area contributed by atoms with Gasteiger partial charge >= 0.3 is 0 Å². The molecule has 182 valence electrons. The van der Waals surface area contributed by atoms with Crippen LogP contribution in [0.4, 0.5) is 11.4 Å². The summed E-state index contributed by atoms with van der Waals surface area (Å²) in [6.45, 7) is 3.37. The maximum absolute atomic E-state index is 2.56. The molecule has 0 saturated carbocycles. The lowest BCUT2D eigenvalue weighted by Crippen LogP contribution is -3.00. The van der Waals surface area contributed by atoms with Crippen molar-refractivity contribution in [1.82, 2.24) is 0 Å². The third-order valence-electron chi connectivity index (χ3n) is 6.69. The number of pyridine rings is 1. The van der Waals surface area contributed by atoms with Crippen molar-refractivity contribution in [2.75, 3.05) is 38.0 Å². The Balaban J connectivity index is 0.00000385. The summed E-state index contributed by atoms with van der Waals surface area (Å²) in [6.07, 6.45) is 13.7. The Hall–Kier alpha value is -1.81. The standard InChI is InChI=1S/C29H44N3.BrH/c1-6-7-8-9-10-11-12-13-14-15-20-32-28-22-26(30(2)3)18-16-24(28)21-25-17-19-27(31(4)5)23-29(25)32;/h16-19,21-23H,6-15,20H2,1-5H3;1H/q+1;/p-1. The molecule has 0 fully saturated rings. The maximum atomic E-state index is 2.56. The average Bonchev–Trinajstić information content (AvgIpc) is 2.78. The molecule has 0 unspecified atom stereocenters. The SMILES string of the molecule is CCCCCCCCCCCC[n+]1c2cc(N(C)C)ccc2cc2ccc(N(C)C)cc21.[Br-]. The molecule has 0 aliphatic rings. The Morgan fingerprint density at radius 3 is 1.42 bits per heavy atom. The highest BCUT2D eigenvalue weighted by Gasteiger charge is 2.17. The van der Waals surface area contributed by atoms with E-state index in [4.69, 9.17) is 0 Å². The Kier molecular flexibility index (Phi) is 11.5. The van der Waals surface area contributed by atoms with Gasteiger partial charge in [0.05, 0.1) is 0 Å². The van der Waals surface area contributed by atoms with Gasteiger partial charge in [-0.05, 0) is 36.8 Å². The fourth-order valence-corrected chi connectivity index (χ4v) is 4.63. The number of anilines is 2. The summed E-state index contributed by atoms with van der Waals surface area (Å²) in [5, 5.41) is 2.65. The van der Waals surface area contributed by atoms with E-state index in [0.29, 0.717) is 0 Å². The first kappa shape index (κ1) is 27.4. The summed E-state index contributed by atoms with van der Waals surface area (Å²) in [7, 11) is 8.50. The zero-order chi connectivity index (χ0) is 22.9. The minimum atomic E-state index is 0. The van der Waals surface area contributed by atoms with E-state index in [9.17, 15) is 0 Å². The van der Waals surface area contributed by atoms with E-state index in [1.807, 2.05) is 0 Å². The molecular weight excluding hydrogens is 470 g/mol. The molecular formula is C29H44BrN3. The van der Waals surface area contributed by atoms with Gasteiger partial charge in [-0.15, -0.1) is 0 Å². The number of halogens is 1. The summed E-state index contributed by atoms with van der Waals surface area (Å²) in [5.74, 6) is 0. The molecule has 0 bridgehead atoms. The van der Waals surface area contributed by atoms with Gasteiger partial charge in [-0.1, -0.05) is 58.3 Å². The monoisotopic (exact) mass is 513 g/mol. The van der Waals surface area contributed by atoms with Gasteiger partial charge in [0.25, 0.3) is 0 Å². The molecule has 0 N–H and O–H groups in total. The fourth-order valence-electron chi connectivity index (χ4n) is 4.63. The highest BCUT2D eigenvalue weighted by atomic mass is 79.9. The van der Waals surface area contributed by atoms with Crippen LogP contribution in [-0.2, 0) is 6.54 Å². The van der Waals surface area contributed by atoms with Crippen molar-refractivity contribution in [2.45, 2.75) is 77.7 Å². The molecule has 1 aromatic heterocycles. The third kappa shape index (κ3) is 7.60. The molecule has 4 heteroatoms. The Labute approximate surface area is 212 Å². The van der Waals surface area contributed by atoms with E-state index >= 15 is 0 Å². The Morgan fingerprint density at radius 2 is 1.00 bits per heavy atom. The maximum Gasteiger partial charge on any atom is 0.215 e. The predicted octanol–water partition coefficient (Wildman–Crippen LogP) is 4.34. The molecule has 0 atom stereocenters. The minimum Gasteiger partial charge on any atom is -1.00 e. The first-order chi connectivity index (χ1) is 15.5. The number of rotatable bonds is 13. The van der Waals surface area contributed by atoms with Crippen molar-refractivity contribution in [3.8, 4) is 0 Å². The summed E-state index contributed by atoms with van der Waals surface area (Å²) < 4.78 is 2.56. The third-order valence-corrected chi connectivity index (χ3v) is 6.69. The number of hydrogen-bond acceptors (Lipinski definition) is 2. The van der Waals surface area contributed by atoms with Crippen molar-refractivity contribution in [1.29, 1.82) is 0 Å². The number of fused-ring (bicyclic) bond motifs is 2. The van der Waals surface area contributed by atoms with Gasteiger partial charge in [0.1, 0.15) is 6.54 Å². The Morgan fingerprint density at radius 1 is 0.576 bits per heavy atom. The summed E-state index contributed by atoms with van der Waals surface area (Å²) in [6, 6.07) is 16.1. The fraction of sp³-hybridized carbons (Fsp3) is 0.552. The van der Waals surface area contributed by atoms with Crippen molar-refractivity contribution >= 4 is 33.2 Å². The van der Waals surface area contributed by atoms with E-state index in [0.717, 1.165) is 6.54 Å². The second-order valence-electron chi connectivity index (χ2n) is 9.75. The van der Waals surface area contributed by atoms with E-state index < -0.39 is 0 Å². The van der Waals surface area contributed by atoms with Gasteiger partial charge < -0.3 is 26.8 Å². The molecule has 0 amide bonds. The van der Waals surface area contributed by atoms with Crippen LogP contribution in [0.2, 0.25) is 0 Å². The number of unbranched alkanes of at least 4 members (excludes halogenated alkanes) is 9. The van der Waals surface area contributed by atoms with Gasteiger partial charge in [-0.3, -0.25) is 0 Å². The van der Waals surface area contributed by atoms with E-state index in [2.05, 4.69) is 91.9 Å². The van der Waals surface area contributed by atoms with Crippen LogP contribution < -0.4 is 31.3 Å². The lowest BCUT2D eigenvalue weighted by Gasteiger charge is -2.15. The number of hydrogen-bond donors (Lipinski definition) is 0. The van der Waals surface area contributed by atoms with Gasteiger partial charge in [0.15, 0.2) is 0 Å². The number of benzene rings is 2. The molecule has 3 aromatic rings. The van der Waals surface area contributed by atoms with Gasteiger partial charge in [0.2, 0.25) is 11.0 Å². The quantitative estimate of drug-likeness (QED) is 0.191. The lowest BCUT2D eigenvalue weighted by molar-refractivity contribution is -0.645. The predicted molar refractivity (Wildman–Crippen MR) is 142 cm³/mol. The van der Waals surface area contributed by atoms with E-state index in [1.54, 1.807) is 0 Å². The summed E-state index contributed by atoms with van der Waals surface area (Å²) in [4.78, 5) is 4.40. The lowest BCUT2D eigenvalue weighted by atomic mass is 10.1. The number of nitrogens with zero attached hydrogens (tertiary/aromatic N) is 3. The van der Waals surface area contributed by atoms with Gasteiger partial charge in [-0.25, -0.2) is 0 Å². The number of aryl methyl sites for hydroxylation is 1. The summed E-state index contributed by atoms with van der Waals surface area (Å²) >= 11 is 0. The highest BCUT2D eigenvalue weighted by molar-refractivity contribution is 5.91. The smallest absolute Gasteiger partial charge is 0.215 e. The molecule has 0 aliphatic heterocycles. The first-order valence-electron chi connectivity index (χ1n) is 12.8. The van der Waals surface area contributed by atoms with Crippen molar-refractivity contribution in [2.24, 2.45) is 0 Å². The van der Waals surface area contributed by atoms with Crippen molar-refractivity contribution in [3.63, 3.8) is 0 Å². The van der Waals surface area contributed by atoms with Crippen LogP contribution >= 0.6 is 0 Å². The van der Waals surface area contributed by atoms with Crippen molar-refractivity contribution in [3.05, 3.63) is 42.5 Å². The van der Waals surface area contributed by atoms with E-state index in [-0.39, 0.29) is 17.0 Å². The molecule has 0 aliphatic carbocycles. The van der Waals surface area contributed by atoms with Crippen LogP contribution in [0.25, 0.3) is 21.8 Å². The van der Waals surface area contributed by atoms with Crippen LogP contribution in [0.3, 0.4) is 0 Å². The average molecular weight is 515 g/mol.